The quantitative estimate of drug-likeness (QED) is 0.688. The second kappa shape index (κ2) is 6.24. The van der Waals surface area contributed by atoms with E-state index in [9.17, 15) is 4.79 Å². The Hall–Kier alpha value is -2.01. The second-order valence-corrected chi connectivity index (χ2v) is 4.82. The normalized spacial score (nSPS) is 10.8. The molecule has 1 N–H and O–H groups in total. The Morgan fingerprint density at radius 3 is 2.89 bits per heavy atom. The molecule has 0 bridgehead atoms. The summed E-state index contributed by atoms with van der Waals surface area (Å²) in [5.74, 6) is -0.148. The maximum absolute atomic E-state index is 11.8. The van der Waals surface area contributed by atoms with Crippen LogP contribution in [0.1, 0.15) is 5.56 Å². The molecule has 0 aliphatic carbocycles. The minimum atomic E-state index is -0.148. The summed E-state index contributed by atoms with van der Waals surface area (Å²) in [5.41, 5.74) is 1.73. The maximum Gasteiger partial charge on any atom is 0.248 e. The molecule has 4 nitrogen and oxygen atoms in total. The summed E-state index contributed by atoms with van der Waals surface area (Å²) in [4.78, 5) is 12.9. The number of aromatic nitrogens is 2. The first-order chi connectivity index (χ1) is 9.19. The lowest BCUT2D eigenvalue weighted by Crippen LogP contribution is -2.08. The van der Waals surface area contributed by atoms with Crippen molar-refractivity contribution in [3.8, 4) is 0 Å². The summed E-state index contributed by atoms with van der Waals surface area (Å²) in [6.07, 6.45) is 8.79. The van der Waals surface area contributed by atoms with Crippen molar-refractivity contribution in [2.75, 3.05) is 11.6 Å². The monoisotopic (exact) mass is 273 g/mol. The van der Waals surface area contributed by atoms with Gasteiger partial charge in [-0.25, -0.2) is 0 Å². The van der Waals surface area contributed by atoms with Crippen molar-refractivity contribution in [2.45, 2.75) is 4.90 Å². The molecule has 0 atom stereocenters. The van der Waals surface area contributed by atoms with Crippen LogP contribution in [-0.2, 0) is 11.8 Å². The van der Waals surface area contributed by atoms with Crippen molar-refractivity contribution in [1.82, 2.24) is 9.78 Å². The Morgan fingerprint density at radius 2 is 2.21 bits per heavy atom. The van der Waals surface area contributed by atoms with Crippen molar-refractivity contribution >= 4 is 29.4 Å². The summed E-state index contributed by atoms with van der Waals surface area (Å²) in [5, 5.41) is 6.90. The highest BCUT2D eigenvalue weighted by molar-refractivity contribution is 7.98. The molecule has 0 saturated carbocycles. The van der Waals surface area contributed by atoms with Gasteiger partial charge < -0.3 is 5.32 Å². The first-order valence-corrected chi connectivity index (χ1v) is 7.02. The van der Waals surface area contributed by atoms with Gasteiger partial charge in [-0.05, 0) is 24.5 Å². The molecule has 1 amide bonds. The Morgan fingerprint density at radius 1 is 1.42 bits per heavy atom. The van der Waals surface area contributed by atoms with Crippen LogP contribution in [0.15, 0.2) is 47.6 Å². The molecule has 0 spiro atoms. The second-order valence-electron chi connectivity index (χ2n) is 3.97. The fourth-order valence-corrected chi connectivity index (χ4v) is 2.17. The van der Waals surface area contributed by atoms with Crippen LogP contribution >= 0.6 is 11.8 Å². The number of rotatable bonds is 4. The number of carbonyl (C=O) groups is 1. The van der Waals surface area contributed by atoms with E-state index in [2.05, 4.69) is 10.4 Å². The van der Waals surface area contributed by atoms with E-state index in [0.29, 0.717) is 0 Å². The lowest BCUT2D eigenvalue weighted by molar-refractivity contribution is -0.111. The van der Waals surface area contributed by atoms with Gasteiger partial charge in [-0.3, -0.25) is 9.48 Å². The third-order valence-corrected chi connectivity index (χ3v) is 3.31. The molecule has 1 aromatic heterocycles. The topological polar surface area (TPSA) is 46.9 Å². The van der Waals surface area contributed by atoms with E-state index >= 15 is 0 Å². The zero-order valence-corrected chi connectivity index (χ0v) is 11.6. The number of nitrogens with one attached hydrogen (secondary N) is 1. The number of hydrogen-bond acceptors (Lipinski definition) is 3. The minimum absolute atomic E-state index is 0.148. The van der Waals surface area contributed by atoms with Gasteiger partial charge in [0.1, 0.15) is 0 Å². The van der Waals surface area contributed by atoms with Gasteiger partial charge >= 0.3 is 0 Å². The molecule has 0 unspecified atom stereocenters. The minimum Gasteiger partial charge on any atom is -0.321 e. The Kier molecular flexibility index (Phi) is 4.41. The first kappa shape index (κ1) is 13.4. The summed E-state index contributed by atoms with van der Waals surface area (Å²) in [6, 6.07) is 7.72. The van der Waals surface area contributed by atoms with Crippen LogP contribution in [0.5, 0.6) is 0 Å². The summed E-state index contributed by atoms with van der Waals surface area (Å²) < 4.78 is 1.70. The van der Waals surface area contributed by atoms with Gasteiger partial charge in [-0.1, -0.05) is 12.1 Å². The van der Waals surface area contributed by atoms with Gasteiger partial charge in [0.05, 0.1) is 11.9 Å². The predicted molar refractivity (Wildman–Crippen MR) is 79.1 cm³/mol. The van der Waals surface area contributed by atoms with Crippen LogP contribution in [0.4, 0.5) is 5.69 Å². The van der Waals surface area contributed by atoms with E-state index in [0.717, 1.165) is 16.1 Å². The number of nitrogens with zero attached hydrogens (tertiary/aromatic N) is 2. The standard InChI is InChI=1S/C14H15N3OS/c1-17-10-11(9-15-17)7-8-14(18)16-12-5-3-4-6-13(12)19-2/h3-10H,1-2H3,(H,16,18). The number of benzene rings is 1. The third kappa shape index (κ3) is 3.72. The number of aryl methyl sites for hydroxylation is 1. The highest BCUT2D eigenvalue weighted by Crippen LogP contribution is 2.24. The molecule has 2 aromatic rings. The van der Waals surface area contributed by atoms with Crippen molar-refractivity contribution in [3.63, 3.8) is 0 Å². The van der Waals surface area contributed by atoms with Crippen LogP contribution in [0.25, 0.3) is 6.08 Å². The Bertz CT molecular complexity index is 604. The van der Waals surface area contributed by atoms with Crippen LogP contribution in [0, 0.1) is 0 Å². The summed E-state index contributed by atoms with van der Waals surface area (Å²) in [6.45, 7) is 0. The SMILES string of the molecule is CSc1ccccc1NC(=O)C=Cc1cnn(C)c1. The molecule has 1 heterocycles. The van der Waals surface area contributed by atoms with Gasteiger partial charge in [0.25, 0.3) is 0 Å². The van der Waals surface area contributed by atoms with E-state index < -0.39 is 0 Å². The molecule has 5 heteroatoms. The number of hydrogen-bond donors (Lipinski definition) is 1. The largest absolute Gasteiger partial charge is 0.321 e. The highest BCUT2D eigenvalue weighted by atomic mass is 32.2. The van der Waals surface area contributed by atoms with Crippen LogP contribution in [-0.4, -0.2) is 21.9 Å². The van der Waals surface area contributed by atoms with Gasteiger partial charge in [-0.2, -0.15) is 5.10 Å². The van der Waals surface area contributed by atoms with E-state index in [1.807, 2.05) is 43.8 Å². The molecule has 0 fully saturated rings. The van der Waals surface area contributed by atoms with Crippen molar-refractivity contribution in [2.24, 2.45) is 7.05 Å². The average Bonchev–Trinajstić information content (AvgIpc) is 2.83. The molecule has 0 saturated heterocycles. The Balaban J connectivity index is 2.03. The number of carbonyl (C=O) groups excluding carboxylic acids is 1. The molecule has 19 heavy (non-hydrogen) atoms. The van der Waals surface area contributed by atoms with Gasteiger partial charge in [0.15, 0.2) is 0 Å². The fraction of sp³-hybridized carbons (Fsp3) is 0.143. The molecule has 1 aromatic carbocycles. The molecule has 98 valence electrons. The van der Waals surface area contributed by atoms with Crippen molar-refractivity contribution in [3.05, 3.63) is 48.3 Å². The maximum atomic E-state index is 11.8. The van der Waals surface area contributed by atoms with Gasteiger partial charge in [0.2, 0.25) is 5.91 Å². The lowest BCUT2D eigenvalue weighted by Gasteiger charge is -2.06. The fourth-order valence-electron chi connectivity index (χ4n) is 1.62. The highest BCUT2D eigenvalue weighted by Gasteiger charge is 2.02. The number of thioether (sulfide) groups is 1. The average molecular weight is 273 g/mol. The first-order valence-electron chi connectivity index (χ1n) is 5.80. The molecule has 0 radical (unpaired) electrons. The van der Waals surface area contributed by atoms with Crippen molar-refractivity contribution < 1.29 is 4.79 Å². The van der Waals surface area contributed by atoms with Gasteiger partial charge in [-0.15, -0.1) is 11.8 Å². The van der Waals surface area contributed by atoms with E-state index in [-0.39, 0.29) is 5.91 Å². The van der Waals surface area contributed by atoms with E-state index in [1.54, 1.807) is 28.7 Å². The summed E-state index contributed by atoms with van der Waals surface area (Å²) in [7, 11) is 1.84. The van der Waals surface area contributed by atoms with Gasteiger partial charge in [0, 0.05) is 29.8 Å². The van der Waals surface area contributed by atoms with Crippen LogP contribution < -0.4 is 5.32 Å². The molecular weight excluding hydrogens is 258 g/mol. The molecule has 0 aliphatic heterocycles. The lowest BCUT2D eigenvalue weighted by atomic mass is 10.3. The van der Waals surface area contributed by atoms with Crippen LogP contribution in [0.2, 0.25) is 0 Å². The molecular formula is C14H15N3OS. The number of anilines is 1. The number of amides is 1. The van der Waals surface area contributed by atoms with Crippen molar-refractivity contribution in [1.29, 1.82) is 0 Å². The summed E-state index contributed by atoms with van der Waals surface area (Å²) >= 11 is 1.60. The zero-order valence-electron chi connectivity index (χ0n) is 10.8. The predicted octanol–water partition coefficient (Wildman–Crippen LogP) is 2.79. The third-order valence-electron chi connectivity index (χ3n) is 2.52. The molecule has 2 rings (SSSR count). The van der Waals surface area contributed by atoms with Crippen LogP contribution in [0.3, 0.4) is 0 Å². The van der Waals surface area contributed by atoms with E-state index in [4.69, 9.17) is 0 Å². The number of para-hydroxylation sites is 1. The zero-order chi connectivity index (χ0) is 13.7. The molecule has 0 aliphatic rings. The van der Waals surface area contributed by atoms with E-state index in [1.165, 1.54) is 6.08 Å². The smallest absolute Gasteiger partial charge is 0.248 e. The Labute approximate surface area is 116 Å².